The fraction of sp³-hybridized carbons (Fsp3) is 0.533. The zero-order chi connectivity index (χ0) is 15.0. The van der Waals surface area contributed by atoms with Gasteiger partial charge in [0.25, 0.3) is 0 Å². The van der Waals surface area contributed by atoms with Gasteiger partial charge in [-0.25, -0.2) is 4.79 Å². The van der Waals surface area contributed by atoms with Crippen molar-refractivity contribution in [2.75, 3.05) is 27.0 Å². The molecule has 5 heteroatoms. The molecule has 4 nitrogen and oxygen atoms in total. The summed E-state index contributed by atoms with van der Waals surface area (Å²) in [5.74, 6) is 0. The predicted molar refractivity (Wildman–Crippen MR) is 84.2 cm³/mol. The second-order valence-electron chi connectivity index (χ2n) is 4.66. The number of benzene rings is 1. The SMILES string of the molecule is CC[C@H](CNC(=O)N(C)Cc1cccc(SC)c1)OC. The lowest BCUT2D eigenvalue weighted by Gasteiger charge is -2.20. The van der Waals surface area contributed by atoms with Gasteiger partial charge in [-0.15, -0.1) is 11.8 Å². The average Bonchev–Trinajstić information content (AvgIpc) is 2.48. The number of rotatable bonds is 7. The van der Waals surface area contributed by atoms with Crippen LogP contribution in [0.4, 0.5) is 4.79 Å². The Labute approximate surface area is 125 Å². The number of carbonyl (C=O) groups excluding carboxylic acids is 1. The van der Waals surface area contributed by atoms with Crippen molar-refractivity contribution in [3.63, 3.8) is 0 Å². The Balaban J connectivity index is 2.48. The summed E-state index contributed by atoms with van der Waals surface area (Å²) in [7, 11) is 3.47. The summed E-state index contributed by atoms with van der Waals surface area (Å²) >= 11 is 1.70. The molecule has 0 spiro atoms. The van der Waals surface area contributed by atoms with Crippen molar-refractivity contribution in [1.29, 1.82) is 0 Å². The molecule has 20 heavy (non-hydrogen) atoms. The average molecular weight is 296 g/mol. The minimum absolute atomic E-state index is 0.0740. The lowest BCUT2D eigenvalue weighted by atomic mass is 10.2. The van der Waals surface area contributed by atoms with Crippen molar-refractivity contribution in [1.82, 2.24) is 10.2 Å². The van der Waals surface area contributed by atoms with Crippen LogP contribution in [0.15, 0.2) is 29.2 Å². The van der Waals surface area contributed by atoms with Gasteiger partial charge in [-0.1, -0.05) is 19.1 Å². The first-order chi connectivity index (χ1) is 9.60. The minimum atomic E-state index is -0.0740. The number of hydrogen-bond donors (Lipinski definition) is 1. The second-order valence-corrected chi connectivity index (χ2v) is 5.54. The summed E-state index contributed by atoms with van der Waals surface area (Å²) in [4.78, 5) is 14.9. The zero-order valence-corrected chi connectivity index (χ0v) is 13.5. The molecule has 0 aliphatic heterocycles. The molecule has 1 aromatic carbocycles. The third-order valence-electron chi connectivity index (χ3n) is 3.17. The number of methoxy groups -OCH3 is 1. The molecule has 0 aliphatic carbocycles. The van der Waals surface area contributed by atoms with Crippen molar-refractivity contribution in [3.8, 4) is 0 Å². The summed E-state index contributed by atoms with van der Waals surface area (Å²) < 4.78 is 5.24. The van der Waals surface area contributed by atoms with Gasteiger partial charge in [0.05, 0.1) is 6.10 Å². The standard InChI is InChI=1S/C15H24N2O2S/c1-5-13(19-3)10-16-15(18)17(2)11-12-7-6-8-14(9-12)20-4/h6-9,13H,5,10-11H2,1-4H3,(H,16,18)/t13-/m1/s1. The van der Waals surface area contributed by atoms with Crippen molar-refractivity contribution in [2.24, 2.45) is 0 Å². The van der Waals surface area contributed by atoms with Crippen molar-refractivity contribution >= 4 is 17.8 Å². The number of nitrogens with one attached hydrogen (secondary N) is 1. The number of amides is 2. The van der Waals surface area contributed by atoms with Crippen molar-refractivity contribution in [2.45, 2.75) is 30.9 Å². The molecule has 0 saturated heterocycles. The maximum Gasteiger partial charge on any atom is 0.317 e. The van der Waals surface area contributed by atoms with Crippen LogP contribution in [0.3, 0.4) is 0 Å². The molecule has 0 bridgehead atoms. The van der Waals surface area contributed by atoms with E-state index >= 15 is 0 Å². The normalized spacial score (nSPS) is 12.0. The zero-order valence-electron chi connectivity index (χ0n) is 12.7. The van der Waals surface area contributed by atoms with E-state index < -0.39 is 0 Å². The second kappa shape index (κ2) is 8.87. The molecule has 2 amide bonds. The first-order valence-corrected chi connectivity index (χ1v) is 7.97. The maximum atomic E-state index is 12.0. The molecule has 0 saturated carbocycles. The van der Waals surface area contributed by atoms with Gasteiger partial charge >= 0.3 is 6.03 Å². The van der Waals surface area contributed by atoms with Crippen LogP contribution in [0.25, 0.3) is 0 Å². The van der Waals surface area contributed by atoms with Crippen molar-refractivity contribution in [3.05, 3.63) is 29.8 Å². The fourth-order valence-electron chi connectivity index (χ4n) is 1.85. The van der Waals surface area contributed by atoms with Crippen LogP contribution >= 0.6 is 11.8 Å². The van der Waals surface area contributed by atoms with Crippen molar-refractivity contribution < 1.29 is 9.53 Å². The molecule has 1 atom stereocenters. The molecule has 1 rings (SSSR count). The van der Waals surface area contributed by atoms with Gasteiger partial charge in [-0.3, -0.25) is 0 Å². The highest BCUT2D eigenvalue weighted by molar-refractivity contribution is 7.98. The molecule has 0 radical (unpaired) electrons. The number of carbonyl (C=O) groups is 1. The first-order valence-electron chi connectivity index (χ1n) is 6.75. The number of urea groups is 1. The number of nitrogens with zero attached hydrogens (tertiary/aromatic N) is 1. The van der Waals surface area contributed by atoms with E-state index in [0.717, 1.165) is 12.0 Å². The summed E-state index contributed by atoms with van der Waals surface area (Å²) in [6.45, 7) is 3.18. The molecule has 0 heterocycles. The topological polar surface area (TPSA) is 41.6 Å². The van der Waals surface area contributed by atoms with Crippen LogP contribution in [-0.4, -0.2) is 44.0 Å². The third kappa shape index (κ3) is 5.43. The maximum absolute atomic E-state index is 12.0. The Morgan fingerprint density at radius 1 is 1.50 bits per heavy atom. The quantitative estimate of drug-likeness (QED) is 0.787. The smallest absolute Gasteiger partial charge is 0.317 e. The summed E-state index contributed by atoms with van der Waals surface area (Å²) in [6, 6.07) is 8.16. The lowest BCUT2D eigenvalue weighted by Crippen LogP contribution is -2.40. The van der Waals surface area contributed by atoms with Crippen LogP contribution in [0.5, 0.6) is 0 Å². The van der Waals surface area contributed by atoms with Crippen LogP contribution in [-0.2, 0) is 11.3 Å². The molecule has 1 N–H and O–H groups in total. The van der Waals surface area contributed by atoms with Gasteiger partial charge in [0.2, 0.25) is 0 Å². The predicted octanol–water partition coefficient (Wildman–Crippen LogP) is 2.97. The Bertz CT molecular complexity index is 422. The molecule has 1 aromatic rings. The van der Waals surface area contributed by atoms with Gasteiger partial charge in [0.1, 0.15) is 0 Å². The molecular formula is C15H24N2O2S. The van der Waals surface area contributed by atoms with E-state index in [1.54, 1.807) is 30.8 Å². The summed E-state index contributed by atoms with van der Waals surface area (Å²) in [6.07, 6.45) is 3.01. The summed E-state index contributed by atoms with van der Waals surface area (Å²) in [5.41, 5.74) is 1.13. The highest BCUT2D eigenvalue weighted by Gasteiger charge is 2.11. The molecule has 112 valence electrons. The lowest BCUT2D eigenvalue weighted by molar-refractivity contribution is 0.0983. The Morgan fingerprint density at radius 2 is 2.25 bits per heavy atom. The van der Waals surface area contributed by atoms with E-state index in [2.05, 4.69) is 17.4 Å². The number of thioether (sulfide) groups is 1. The van der Waals surface area contributed by atoms with Gasteiger partial charge in [0.15, 0.2) is 0 Å². The Hall–Kier alpha value is -1.20. The van der Waals surface area contributed by atoms with Crippen LogP contribution in [0.2, 0.25) is 0 Å². The third-order valence-corrected chi connectivity index (χ3v) is 3.90. The molecule has 0 aliphatic rings. The van der Waals surface area contributed by atoms with E-state index in [-0.39, 0.29) is 12.1 Å². The molecule has 0 unspecified atom stereocenters. The Kier molecular flexibility index (Phi) is 7.47. The van der Waals surface area contributed by atoms with E-state index in [1.165, 1.54) is 4.90 Å². The molecular weight excluding hydrogens is 272 g/mol. The van der Waals surface area contributed by atoms with Gasteiger partial charge in [0, 0.05) is 32.1 Å². The first kappa shape index (κ1) is 16.9. The van der Waals surface area contributed by atoms with Gasteiger partial charge < -0.3 is 15.0 Å². The molecule has 0 fully saturated rings. The van der Waals surface area contributed by atoms with Crippen LogP contribution in [0, 0.1) is 0 Å². The van der Waals surface area contributed by atoms with E-state index in [4.69, 9.17) is 4.74 Å². The molecule has 0 aromatic heterocycles. The summed E-state index contributed by atoms with van der Waals surface area (Å²) in [5, 5.41) is 2.89. The number of hydrogen-bond acceptors (Lipinski definition) is 3. The van der Waals surface area contributed by atoms with Gasteiger partial charge in [-0.05, 0) is 30.4 Å². The number of ether oxygens (including phenoxy) is 1. The van der Waals surface area contributed by atoms with E-state index in [0.29, 0.717) is 13.1 Å². The Morgan fingerprint density at radius 3 is 2.85 bits per heavy atom. The van der Waals surface area contributed by atoms with Crippen LogP contribution in [0.1, 0.15) is 18.9 Å². The van der Waals surface area contributed by atoms with Crippen LogP contribution < -0.4 is 5.32 Å². The highest BCUT2D eigenvalue weighted by atomic mass is 32.2. The van der Waals surface area contributed by atoms with E-state index in [9.17, 15) is 4.79 Å². The van der Waals surface area contributed by atoms with Gasteiger partial charge in [-0.2, -0.15) is 0 Å². The minimum Gasteiger partial charge on any atom is -0.380 e. The van der Waals surface area contributed by atoms with E-state index in [1.807, 2.05) is 25.3 Å². The fourth-order valence-corrected chi connectivity index (χ4v) is 2.33. The highest BCUT2D eigenvalue weighted by Crippen LogP contribution is 2.16. The monoisotopic (exact) mass is 296 g/mol. The largest absolute Gasteiger partial charge is 0.380 e.